The van der Waals surface area contributed by atoms with E-state index in [0.29, 0.717) is 12.8 Å². The predicted molar refractivity (Wildman–Crippen MR) is 304 cm³/mol. The van der Waals surface area contributed by atoms with Crippen molar-refractivity contribution in [3.05, 3.63) is 72.9 Å². The highest BCUT2D eigenvalue weighted by Crippen LogP contribution is 2.30. The third-order valence-corrected chi connectivity index (χ3v) is 14.4. The van der Waals surface area contributed by atoms with E-state index >= 15 is 0 Å². The highest BCUT2D eigenvalue weighted by Gasteiger charge is 2.51. The fourth-order valence-electron chi connectivity index (χ4n) is 9.51. The number of unbranched alkanes of at least 4 members (excludes halogenated alkanes) is 24. The normalized spacial score (nSPS) is 25.4. The van der Waals surface area contributed by atoms with Crippen LogP contribution in [0.5, 0.6) is 0 Å². The molecule has 12 atom stereocenters. The average Bonchev–Trinajstić information content (AvgIpc) is 3.42. The van der Waals surface area contributed by atoms with Crippen molar-refractivity contribution < 1.29 is 64.6 Å². The number of nitrogens with one attached hydrogen (secondary N) is 1. The first-order valence-corrected chi connectivity index (χ1v) is 30.2. The summed E-state index contributed by atoms with van der Waals surface area (Å²) in [6, 6.07) is -0.957. The lowest BCUT2D eigenvalue weighted by Crippen LogP contribution is -2.65. The summed E-state index contributed by atoms with van der Waals surface area (Å²) in [6.07, 6.45) is 45.5. The first-order chi connectivity index (χ1) is 37.1. The van der Waals surface area contributed by atoms with E-state index in [2.05, 4.69) is 79.9 Å². The van der Waals surface area contributed by atoms with Crippen molar-refractivity contribution in [1.82, 2.24) is 5.32 Å². The molecule has 14 heteroatoms. The minimum absolute atomic E-state index is 0.231. The lowest BCUT2D eigenvalue weighted by Gasteiger charge is -2.46. The molecule has 2 rings (SSSR count). The SMILES string of the molecule is CC/C=C\C/C=C\C/C=C\CCCCCC(=O)NC(COC1OC(CO)C(OC2OC(CO)C(O)C(O)C2O)C(O)C1O)C(O)/C=C/CC/C=C/CC/C=C/CCCCCCCCCCCCCCCCCCCCC. The molecule has 2 fully saturated rings. The van der Waals surface area contributed by atoms with Crippen molar-refractivity contribution in [3.63, 3.8) is 0 Å². The summed E-state index contributed by atoms with van der Waals surface area (Å²) in [6.45, 7) is 2.63. The van der Waals surface area contributed by atoms with Crippen LogP contribution in [0.4, 0.5) is 0 Å². The molecule has 0 aromatic heterocycles. The van der Waals surface area contributed by atoms with Gasteiger partial charge in [0.2, 0.25) is 5.91 Å². The van der Waals surface area contributed by atoms with Gasteiger partial charge in [-0.3, -0.25) is 4.79 Å². The summed E-state index contributed by atoms with van der Waals surface area (Å²) < 4.78 is 22.7. The van der Waals surface area contributed by atoms with Crippen molar-refractivity contribution in [1.29, 1.82) is 0 Å². The Bertz CT molecular complexity index is 1550. The van der Waals surface area contributed by atoms with Crippen molar-refractivity contribution >= 4 is 5.91 Å². The zero-order chi connectivity index (χ0) is 55.3. The third kappa shape index (κ3) is 32.5. The molecule has 0 aromatic carbocycles. The molecule has 2 heterocycles. The molecule has 76 heavy (non-hydrogen) atoms. The van der Waals surface area contributed by atoms with Gasteiger partial charge in [-0.25, -0.2) is 0 Å². The maximum Gasteiger partial charge on any atom is 0.220 e. The van der Waals surface area contributed by atoms with Crippen molar-refractivity contribution in [2.75, 3.05) is 19.8 Å². The molecule has 9 N–H and O–H groups in total. The Kier molecular flexibility index (Phi) is 43.2. The summed E-state index contributed by atoms with van der Waals surface area (Å²) in [5, 5.41) is 86.9. The minimum atomic E-state index is -1.80. The second-order valence-electron chi connectivity index (χ2n) is 21.1. The molecule has 2 aliphatic heterocycles. The van der Waals surface area contributed by atoms with Gasteiger partial charge in [0.1, 0.15) is 48.8 Å². The van der Waals surface area contributed by atoms with Crippen LogP contribution in [0.3, 0.4) is 0 Å². The summed E-state index contributed by atoms with van der Waals surface area (Å²) in [5.41, 5.74) is 0. The second-order valence-corrected chi connectivity index (χ2v) is 21.1. The van der Waals surface area contributed by atoms with Gasteiger partial charge in [0.25, 0.3) is 0 Å². The second kappa shape index (κ2) is 47.3. The van der Waals surface area contributed by atoms with Gasteiger partial charge in [-0.2, -0.15) is 0 Å². The topological polar surface area (TPSA) is 228 Å². The molecule has 0 aliphatic carbocycles. The van der Waals surface area contributed by atoms with Gasteiger partial charge in [0.15, 0.2) is 12.6 Å². The summed E-state index contributed by atoms with van der Waals surface area (Å²) in [5.74, 6) is -0.284. The quantitative estimate of drug-likeness (QED) is 0.0204. The average molecular weight is 1080 g/mol. The maximum absolute atomic E-state index is 13.2. The molecular formula is C62H109NO13. The number of allylic oxidation sites excluding steroid dienone is 11. The Labute approximate surface area is 459 Å². The molecule has 1 amide bonds. The van der Waals surface area contributed by atoms with Gasteiger partial charge >= 0.3 is 0 Å². The number of carbonyl (C=O) groups excluding carboxylic acids is 1. The molecule has 2 aliphatic rings. The Balaban J connectivity index is 1.74. The maximum atomic E-state index is 13.2. The zero-order valence-electron chi connectivity index (χ0n) is 47.2. The lowest BCUT2D eigenvalue weighted by atomic mass is 9.97. The van der Waals surface area contributed by atoms with Crippen molar-refractivity contribution in [2.45, 2.75) is 293 Å². The molecule has 12 unspecified atom stereocenters. The number of aliphatic hydroxyl groups excluding tert-OH is 8. The Morgan fingerprint density at radius 2 is 0.921 bits per heavy atom. The lowest BCUT2D eigenvalue weighted by molar-refractivity contribution is -0.359. The highest BCUT2D eigenvalue weighted by molar-refractivity contribution is 5.76. The molecule has 0 spiro atoms. The first-order valence-electron chi connectivity index (χ1n) is 30.2. The van der Waals surface area contributed by atoms with E-state index in [9.17, 15) is 45.6 Å². The fourth-order valence-corrected chi connectivity index (χ4v) is 9.51. The van der Waals surface area contributed by atoms with Gasteiger partial charge in [-0.1, -0.05) is 209 Å². The van der Waals surface area contributed by atoms with E-state index in [1.807, 2.05) is 6.08 Å². The number of hydrogen-bond acceptors (Lipinski definition) is 13. The zero-order valence-corrected chi connectivity index (χ0v) is 47.2. The standard InChI is InChI=1S/C62H109NO13/c1-3-5-7-9-11-13-15-17-18-19-20-21-22-23-24-25-26-27-28-29-30-31-32-34-35-37-39-41-43-45-51(66)50(63-54(67)46-44-42-40-38-36-33-16-14-12-10-8-6-4-2)49-73-61-59(72)57(70)60(53(48-65)75-61)76-62-58(71)56(69)55(68)52(47-64)74-62/h6,8,12,14,30-31,33,35-37,43,45,50-53,55-62,64-66,68-72H,3-5,7,9-11,13,15-29,32,34,38-42,44,46-49H2,1-2H3,(H,63,67)/b8-6-,14-12-,31-30+,36-33-,37-35+,45-43+. The van der Waals surface area contributed by atoms with Crippen LogP contribution in [0.2, 0.25) is 0 Å². The smallest absolute Gasteiger partial charge is 0.220 e. The van der Waals surface area contributed by atoms with Gasteiger partial charge < -0.3 is 65.1 Å². The van der Waals surface area contributed by atoms with Crippen molar-refractivity contribution in [2.24, 2.45) is 0 Å². The van der Waals surface area contributed by atoms with Crippen LogP contribution < -0.4 is 5.32 Å². The van der Waals surface area contributed by atoms with Crippen LogP contribution in [-0.2, 0) is 23.7 Å². The van der Waals surface area contributed by atoms with Gasteiger partial charge in [-0.05, 0) is 77.0 Å². The van der Waals surface area contributed by atoms with Gasteiger partial charge in [0, 0.05) is 6.42 Å². The molecule has 2 saturated heterocycles. The Hall–Kier alpha value is -2.57. The largest absolute Gasteiger partial charge is 0.394 e. The van der Waals surface area contributed by atoms with Crippen LogP contribution in [0.1, 0.15) is 219 Å². The third-order valence-electron chi connectivity index (χ3n) is 14.4. The highest BCUT2D eigenvalue weighted by atomic mass is 16.7. The molecule has 440 valence electrons. The molecule has 0 saturated carbocycles. The Morgan fingerprint density at radius 3 is 1.45 bits per heavy atom. The van der Waals surface area contributed by atoms with Gasteiger partial charge in [-0.15, -0.1) is 0 Å². The number of aliphatic hydroxyl groups is 8. The summed E-state index contributed by atoms with van der Waals surface area (Å²) in [7, 11) is 0. The number of hydrogen-bond donors (Lipinski definition) is 9. The van der Waals surface area contributed by atoms with E-state index in [1.165, 1.54) is 122 Å². The van der Waals surface area contributed by atoms with Crippen LogP contribution in [0, 0.1) is 0 Å². The fraction of sp³-hybridized carbons (Fsp3) is 0.790. The molecule has 14 nitrogen and oxygen atoms in total. The van der Waals surface area contributed by atoms with E-state index in [4.69, 9.17) is 18.9 Å². The number of rotatable bonds is 47. The van der Waals surface area contributed by atoms with Crippen LogP contribution in [0.25, 0.3) is 0 Å². The van der Waals surface area contributed by atoms with Crippen molar-refractivity contribution in [3.8, 4) is 0 Å². The molecular weight excluding hydrogens is 967 g/mol. The monoisotopic (exact) mass is 1080 g/mol. The summed E-state index contributed by atoms with van der Waals surface area (Å²) >= 11 is 0. The van der Waals surface area contributed by atoms with E-state index in [1.54, 1.807) is 6.08 Å². The van der Waals surface area contributed by atoms with Crippen LogP contribution >= 0.6 is 0 Å². The number of amides is 1. The van der Waals surface area contributed by atoms with E-state index in [0.717, 1.165) is 64.2 Å². The Morgan fingerprint density at radius 1 is 0.487 bits per heavy atom. The first kappa shape index (κ1) is 69.5. The minimum Gasteiger partial charge on any atom is -0.394 e. The predicted octanol–water partition coefficient (Wildman–Crippen LogP) is 10.3. The summed E-state index contributed by atoms with van der Waals surface area (Å²) in [4.78, 5) is 13.2. The molecule has 0 bridgehead atoms. The van der Waals surface area contributed by atoms with E-state index in [-0.39, 0.29) is 18.9 Å². The number of ether oxygens (including phenoxy) is 4. The van der Waals surface area contributed by atoms with Crippen LogP contribution in [0.15, 0.2) is 72.9 Å². The van der Waals surface area contributed by atoms with E-state index < -0.39 is 86.8 Å². The number of carbonyl (C=O) groups is 1. The van der Waals surface area contributed by atoms with Crippen LogP contribution in [-0.4, -0.2) is 140 Å². The molecule has 0 aromatic rings. The molecule has 0 radical (unpaired) electrons. The van der Waals surface area contributed by atoms with Gasteiger partial charge in [0.05, 0.1) is 32.0 Å².